The summed E-state index contributed by atoms with van der Waals surface area (Å²) in [6.07, 6.45) is 0. The van der Waals surface area contributed by atoms with Gasteiger partial charge in [0.05, 0.1) is 9.82 Å². The van der Waals surface area contributed by atoms with Crippen molar-refractivity contribution >= 4 is 48.7 Å². The molecule has 0 amide bonds. The largest absolute Gasteiger partial charge is 0.289 e. The quantitative estimate of drug-likeness (QED) is 0.400. The average molecular weight is 468 g/mol. The Hall–Kier alpha value is -3.15. The minimum absolute atomic E-state index is 0.0404. The van der Waals surface area contributed by atoms with Crippen molar-refractivity contribution in [2.45, 2.75) is 9.79 Å². The fourth-order valence-corrected chi connectivity index (χ4v) is 4.90. The predicted octanol–water partition coefficient (Wildman–Crippen LogP) is 3.85. The zero-order valence-corrected chi connectivity index (χ0v) is 17.4. The van der Waals surface area contributed by atoms with Crippen molar-refractivity contribution in [3.05, 3.63) is 87.9 Å². The van der Waals surface area contributed by atoms with Crippen molar-refractivity contribution in [1.29, 1.82) is 0 Å². The minimum Gasteiger partial charge on any atom is -0.280 e. The Morgan fingerprint density at radius 3 is 1.80 bits per heavy atom. The van der Waals surface area contributed by atoms with Crippen LogP contribution in [-0.4, -0.2) is 21.8 Å². The van der Waals surface area contributed by atoms with Gasteiger partial charge in [0.25, 0.3) is 25.7 Å². The molecule has 0 unspecified atom stereocenters. The summed E-state index contributed by atoms with van der Waals surface area (Å²) in [5.74, 6) is 0. The highest BCUT2D eigenvalue weighted by atomic mass is 35.5. The maximum atomic E-state index is 12.5. The van der Waals surface area contributed by atoms with Crippen LogP contribution in [0.15, 0.2) is 82.6 Å². The number of hydrogen-bond acceptors (Lipinski definition) is 6. The first-order valence-electron chi connectivity index (χ1n) is 8.23. The number of sulfonamides is 2. The lowest BCUT2D eigenvalue weighted by Gasteiger charge is -2.11. The van der Waals surface area contributed by atoms with Gasteiger partial charge in [0.1, 0.15) is 0 Å². The Labute approximate surface area is 177 Å². The van der Waals surface area contributed by atoms with Crippen LogP contribution >= 0.6 is 11.6 Å². The van der Waals surface area contributed by atoms with Gasteiger partial charge in [0, 0.05) is 22.5 Å². The number of halogens is 1. The lowest BCUT2D eigenvalue weighted by Crippen LogP contribution is -2.15. The van der Waals surface area contributed by atoms with E-state index in [1.54, 1.807) is 0 Å². The molecular formula is C18H14ClN3O6S2. The van der Waals surface area contributed by atoms with E-state index in [1.165, 1.54) is 60.7 Å². The fraction of sp³-hybridized carbons (Fsp3) is 0. The molecule has 3 rings (SSSR count). The Morgan fingerprint density at radius 2 is 1.23 bits per heavy atom. The van der Waals surface area contributed by atoms with Gasteiger partial charge < -0.3 is 0 Å². The smallest absolute Gasteiger partial charge is 0.280 e. The average Bonchev–Trinajstić information content (AvgIpc) is 2.70. The number of nitro benzene ring substituents is 1. The van der Waals surface area contributed by atoms with Crippen LogP contribution in [0.25, 0.3) is 0 Å². The maximum absolute atomic E-state index is 12.5. The number of nitrogens with zero attached hydrogens (tertiary/aromatic N) is 1. The molecule has 0 fully saturated rings. The SMILES string of the molecule is O=[N+]([O-])c1ccccc1S(=O)(=O)Nc1ccc(S(=O)(=O)Nc2ccc(Cl)cc2)cc1. The predicted molar refractivity (Wildman–Crippen MR) is 113 cm³/mol. The molecule has 0 atom stereocenters. The Kier molecular flexibility index (Phi) is 5.97. The monoisotopic (exact) mass is 467 g/mol. The summed E-state index contributed by atoms with van der Waals surface area (Å²) < 4.78 is 54.6. The molecule has 0 aliphatic carbocycles. The lowest BCUT2D eigenvalue weighted by atomic mass is 10.3. The Morgan fingerprint density at radius 1 is 0.733 bits per heavy atom. The number of nitro groups is 1. The summed E-state index contributed by atoms with van der Waals surface area (Å²) in [5.41, 5.74) is -0.226. The van der Waals surface area contributed by atoms with Gasteiger partial charge in [-0.15, -0.1) is 0 Å². The topological polar surface area (TPSA) is 135 Å². The van der Waals surface area contributed by atoms with E-state index in [2.05, 4.69) is 9.44 Å². The van der Waals surface area contributed by atoms with E-state index in [4.69, 9.17) is 11.6 Å². The molecule has 0 aromatic heterocycles. The summed E-state index contributed by atoms with van der Waals surface area (Å²) in [7, 11) is -8.18. The lowest BCUT2D eigenvalue weighted by molar-refractivity contribution is -0.387. The van der Waals surface area contributed by atoms with Crippen LogP contribution in [-0.2, 0) is 20.0 Å². The molecule has 0 radical (unpaired) electrons. The van der Waals surface area contributed by atoms with E-state index in [0.717, 1.165) is 12.1 Å². The van der Waals surface area contributed by atoms with Gasteiger partial charge in [0.2, 0.25) is 0 Å². The molecule has 0 heterocycles. The zero-order chi connectivity index (χ0) is 21.9. The maximum Gasteiger partial charge on any atom is 0.289 e. The van der Waals surface area contributed by atoms with Crippen molar-refractivity contribution in [3.8, 4) is 0 Å². The van der Waals surface area contributed by atoms with Crippen LogP contribution < -0.4 is 9.44 Å². The summed E-state index contributed by atoms with van der Waals surface area (Å²) in [6, 6.07) is 15.8. The molecule has 0 bridgehead atoms. The number of anilines is 2. The molecule has 0 saturated carbocycles. The molecule has 30 heavy (non-hydrogen) atoms. The van der Waals surface area contributed by atoms with Crippen LogP contribution in [0, 0.1) is 10.1 Å². The third-order valence-electron chi connectivity index (χ3n) is 3.86. The van der Waals surface area contributed by atoms with Crippen LogP contribution in [0.3, 0.4) is 0 Å². The van der Waals surface area contributed by atoms with Crippen molar-refractivity contribution in [1.82, 2.24) is 0 Å². The van der Waals surface area contributed by atoms with Gasteiger partial charge in [-0.05, 0) is 54.6 Å². The fourth-order valence-electron chi connectivity index (χ4n) is 2.48. The molecule has 0 aliphatic heterocycles. The first-order valence-corrected chi connectivity index (χ1v) is 11.6. The van der Waals surface area contributed by atoms with Crippen LogP contribution in [0.4, 0.5) is 17.1 Å². The highest BCUT2D eigenvalue weighted by Crippen LogP contribution is 2.26. The van der Waals surface area contributed by atoms with E-state index >= 15 is 0 Å². The molecule has 9 nitrogen and oxygen atoms in total. The second-order valence-corrected chi connectivity index (χ2v) is 9.74. The molecule has 0 spiro atoms. The first-order chi connectivity index (χ1) is 14.1. The highest BCUT2D eigenvalue weighted by Gasteiger charge is 2.25. The first kappa shape index (κ1) is 21.6. The van der Waals surface area contributed by atoms with Gasteiger partial charge >= 0.3 is 0 Å². The zero-order valence-electron chi connectivity index (χ0n) is 15.0. The number of hydrogen-bond donors (Lipinski definition) is 2. The van der Waals surface area contributed by atoms with Gasteiger partial charge in [-0.2, -0.15) is 0 Å². The van der Waals surface area contributed by atoms with Gasteiger partial charge in [-0.25, -0.2) is 16.8 Å². The van der Waals surface area contributed by atoms with Gasteiger partial charge in [-0.3, -0.25) is 19.6 Å². The normalized spacial score (nSPS) is 11.6. The van der Waals surface area contributed by atoms with Crippen molar-refractivity contribution in [2.75, 3.05) is 9.44 Å². The van der Waals surface area contributed by atoms with E-state index < -0.39 is 35.6 Å². The molecule has 2 N–H and O–H groups in total. The third-order valence-corrected chi connectivity index (χ3v) is 6.94. The van der Waals surface area contributed by atoms with E-state index in [0.29, 0.717) is 10.7 Å². The Balaban J connectivity index is 1.82. The van der Waals surface area contributed by atoms with E-state index in [9.17, 15) is 26.9 Å². The summed E-state index contributed by atoms with van der Waals surface area (Å²) in [4.78, 5) is 9.67. The molecule has 156 valence electrons. The van der Waals surface area contributed by atoms with Crippen molar-refractivity contribution in [3.63, 3.8) is 0 Å². The van der Waals surface area contributed by atoms with Gasteiger partial charge in [0.15, 0.2) is 4.90 Å². The van der Waals surface area contributed by atoms with Crippen molar-refractivity contribution in [2.24, 2.45) is 0 Å². The summed E-state index contributed by atoms with van der Waals surface area (Å²) in [5, 5.41) is 11.5. The molecule has 3 aromatic carbocycles. The molecular weight excluding hydrogens is 454 g/mol. The molecule has 3 aromatic rings. The third kappa shape index (κ3) is 4.87. The Bertz CT molecular complexity index is 1290. The second kappa shape index (κ2) is 8.30. The van der Waals surface area contributed by atoms with Crippen LogP contribution in [0.1, 0.15) is 0 Å². The van der Waals surface area contributed by atoms with E-state index in [1.807, 2.05) is 0 Å². The number of nitrogens with one attached hydrogen (secondary N) is 2. The molecule has 0 aliphatic rings. The molecule has 0 saturated heterocycles. The van der Waals surface area contributed by atoms with Crippen molar-refractivity contribution < 1.29 is 21.8 Å². The summed E-state index contributed by atoms with van der Waals surface area (Å²) >= 11 is 5.77. The van der Waals surface area contributed by atoms with Gasteiger partial charge in [-0.1, -0.05) is 23.7 Å². The highest BCUT2D eigenvalue weighted by molar-refractivity contribution is 7.93. The number of benzene rings is 3. The number of rotatable bonds is 7. The summed E-state index contributed by atoms with van der Waals surface area (Å²) in [6.45, 7) is 0. The van der Waals surface area contributed by atoms with E-state index in [-0.39, 0.29) is 10.6 Å². The minimum atomic E-state index is -4.26. The number of para-hydroxylation sites is 1. The van der Waals surface area contributed by atoms with Crippen LogP contribution in [0.2, 0.25) is 5.02 Å². The second-order valence-electron chi connectivity index (χ2n) is 5.97. The molecule has 12 heteroatoms. The standard InChI is InChI=1S/C18H14ClN3O6S2/c19-13-5-7-14(8-6-13)20-29(25,26)16-11-9-15(10-12-16)21-30(27,28)18-4-2-1-3-17(18)22(23)24/h1-12,20-21H. The van der Waals surface area contributed by atoms with Crippen LogP contribution in [0.5, 0.6) is 0 Å².